The van der Waals surface area contributed by atoms with Crippen LogP contribution in [-0.2, 0) is 0 Å². The molecule has 1 unspecified atom stereocenters. The van der Waals surface area contributed by atoms with Crippen LogP contribution in [0.2, 0.25) is 0 Å². The van der Waals surface area contributed by atoms with Crippen LogP contribution in [0.3, 0.4) is 0 Å². The highest BCUT2D eigenvalue weighted by Gasteiger charge is 2.24. The van der Waals surface area contributed by atoms with E-state index in [2.05, 4.69) is 6.07 Å². The van der Waals surface area contributed by atoms with Crippen LogP contribution < -0.4 is 0 Å². The number of benzene rings is 2. The predicted molar refractivity (Wildman–Crippen MR) is 79.5 cm³/mol. The average Bonchev–Trinajstić information content (AvgIpc) is 2.51. The van der Waals surface area contributed by atoms with E-state index in [1.807, 2.05) is 30.3 Å². The van der Waals surface area contributed by atoms with E-state index in [1.54, 1.807) is 19.1 Å². The molecule has 1 atom stereocenters. The first-order valence-electron chi connectivity index (χ1n) is 6.86. The molecule has 21 heavy (non-hydrogen) atoms. The highest BCUT2D eigenvalue weighted by molar-refractivity contribution is 6.01. The molecular weight excluding hydrogens is 265 g/mol. The van der Waals surface area contributed by atoms with Crippen LogP contribution in [0.25, 0.3) is 0 Å². The third-order valence-electron chi connectivity index (χ3n) is 3.52. The minimum Gasteiger partial charge on any atom is -0.293 e. The van der Waals surface area contributed by atoms with Gasteiger partial charge in [-0.25, -0.2) is 4.39 Å². The number of ketones is 1. The van der Waals surface area contributed by atoms with Gasteiger partial charge in [0, 0.05) is 12.3 Å². The Morgan fingerprint density at radius 3 is 2.57 bits per heavy atom. The van der Waals surface area contributed by atoms with Crippen LogP contribution in [0.1, 0.15) is 40.2 Å². The first-order valence-corrected chi connectivity index (χ1v) is 6.86. The second-order valence-corrected chi connectivity index (χ2v) is 4.96. The van der Waals surface area contributed by atoms with Crippen LogP contribution in [0.15, 0.2) is 48.5 Å². The molecule has 0 heterocycles. The summed E-state index contributed by atoms with van der Waals surface area (Å²) in [5, 5.41) is 8.78. The number of nitriles is 1. The average molecular weight is 281 g/mol. The third kappa shape index (κ3) is 3.35. The molecule has 0 aliphatic rings. The minimum absolute atomic E-state index is 0.0989. The van der Waals surface area contributed by atoms with Crippen molar-refractivity contribution >= 4 is 5.78 Å². The summed E-state index contributed by atoms with van der Waals surface area (Å²) in [5.41, 5.74) is 1.37. The molecule has 0 aliphatic carbocycles. The number of hydrogen-bond donors (Lipinski definition) is 0. The quantitative estimate of drug-likeness (QED) is 0.762. The van der Waals surface area contributed by atoms with Gasteiger partial charge in [-0.3, -0.25) is 4.79 Å². The van der Waals surface area contributed by atoms with Crippen LogP contribution >= 0.6 is 0 Å². The molecule has 0 aromatic heterocycles. The summed E-state index contributed by atoms with van der Waals surface area (Å²) < 4.78 is 14.2. The van der Waals surface area contributed by atoms with Gasteiger partial charge in [0.1, 0.15) is 5.82 Å². The monoisotopic (exact) mass is 281 g/mol. The van der Waals surface area contributed by atoms with Crippen molar-refractivity contribution in [3.63, 3.8) is 0 Å². The topological polar surface area (TPSA) is 40.9 Å². The van der Waals surface area contributed by atoms with Crippen molar-refractivity contribution in [3.05, 3.63) is 71.0 Å². The molecule has 2 aromatic rings. The normalized spacial score (nSPS) is 11.7. The van der Waals surface area contributed by atoms with Gasteiger partial charge in [-0.1, -0.05) is 42.5 Å². The molecular formula is C18H16FNO. The summed E-state index contributed by atoms with van der Waals surface area (Å²) in [6.45, 7) is 1.64. The largest absolute Gasteiger partial charge is 0.293 e. The molecule has 0 radical (unpaired) electrons. The second-order valence-electron chi connectivity index (χ2n) is 4.96. The zero-order chi connectivity index (χ0) is 15.2. The van der Waals surface area contributed by atoms with Crippen molar-refractivity contribution in [2.75, 3.05) is 0 Å². The van der Waals surface area contributed by atoms with Gasteiger partial charge in [0.25, 0.3) is 0 Å². The van der Waals surface area contributed by atoms with Gasteiger partial charge < -0.3 is 0 Å². The van der Waals surface area contributed by atoms with Gasteiger partial charge in [0.15, 0.2) is 5.78 Å². The van der Waals surface area contributed by atoms with E-state index in [0.717, 1.165) is 5.56 Å². The summed E-state index contributed by atoms with van der Waals surface area (Å²) in [7, 11) is 0. The van der Waals surface area contributed by atoms with Crippen molar-refractivity contribution in [2.45, 2.75) is 25.7 Å². The number of rotatable bonds is 5. The van der Waals surface area contributed by atoms with E-state index >= 15 is 0 Å². The SMILES string of the molecule is Cc1cccc(C(=O)C(CCC#N)c2ccccc2)c1F. The molecule has 0 saturated carbocycles. The van der Waals surface area contributed by atoms with Crippen molar-refractivity contribution < 1.29 is 9.18 Å². The second kappa shape index (κ2) is 6.81. The Balaban J connectivity index is 2.39. The maximum Gasteiger partial charge on any atom is 0.173 e. The lowest BCUT2D eigenvalue weighted by Gasteiger charge is -2.16. The fourth-order valence-corrected chi connectivity index (χ4v) is 2.37. The van der Waals surface area contributed by atoms with E-state index in [1.165, 1.54) is 6.07 Å². The van der Waals surface area contributed by atoms with E-state index in [0.29, 0.717) is 12.0 Å². The smallest absolute Gasteiger partial charge is 0.173 e. The first kappa shape index (κ1) is 14.9. The molecule has 0 bridgehead atoms. The van der Waals surface area contributed by atoms with Crippen molar-refractivity contribution in [3.8, 4) is 6.07 Å². The summed E-state index contributed by atoms with van der Waals surface area (Å²) in [6.07, 6.45) is 0.658. The number of nitrogens with zero attached hydrogens (tertiary/aromatic N) is 1. The lowest BCUT2D eigenvalue weighted by atomic mass is 9.86. The summed E-state index contributed by atoms with van der Waals surface area (Å²) in [4.78, 5) is 12.7. The van der Waals surface area contributed by atoms with Crippen molar-refractivity contribution in [1.29, 1.82) is 5.26 Å². The summed E-state index contributed by atoms with van der Waals surface area (Å²) >= 11 is 0. The van der Waals surface area contributed by atoms with Crippen LogP contribution in [0, 0.1) is 24.1 Å². The zero-order valence-electron chi connectivity index (χ0n) is 11.8. The number of carbonyl (C=O) groups is 1. The van der Waals surface area contributed by atoms with Gasteiger partial charge in [-0.2, -0.15) is 5.26 Å². The molecule has 0 aliphatic heterocycles. The Labute approximate surface area is 123 Å². The standard InChI is InChI=1S/C18H16FNO/c1-13-7-5-10-16(17(13)19)18(21)15(11-6-12-20)14-8-3-2-4-9-14/h2-5,7-10,15H,6,11H2,1H3. The van der Waals surface area contributed by atoms with E-state index in [9.17, 15) is 9.18 Å². The molecule has 0 saturated heterocycles. The molecule has 2 nitrogen and oxygen atoms in total. The Hall–Kier alpha value is -2.47. The number of carbonyl (C=O) groups excluding carboxylic acids is 1. The predicted octanol–water partition coefficient (Wildman–Crippen LogP) is 4.40. The van der Waals surface area contributed by atoms with Gasteiger partial charge in [-0.15, -0.1) is 0 Å². The Morgan fingerprint density at radius 2 is 1.90 bits per heavy atom. The molecule has 0 N–H and O–H groups in total. The van der Waals surface area contributed by atoms with Crippen molar-refractivity contribution in [1.82, 2.24) is 0 Å². The lowest BCUT2D eigenvalue weighted by Crippen LogP contribution is -2.15. The minimum atomic E-state index is -0.484. The van der Waals surface area contributed by atoms with Gasteiger partial charge in [-0.05, 0) is 30.5 Å². The van der Waals surface area contributed by atoms with Crippen LogP contribution in [-0.4, -0.2) is 5.78 Å². The molecule has 2 aromatic carbocycles. The Bertz CT molecular complexity index is 673. The molecule has 0 amide bonds. The zero-order valence-corrected chi connectivity index (χ0v) is 11.8. The number of hydrogen-bond acceptors (Lipinski definition) is 2. The van der Waals surface area contributed by atoms with E-state index < -0.39 is 11.7 Å². The molecule has 0 fully saturated rings. The fourth-order valence-electron chi connectivity index (χ4n) is 2.37. The third-order valence-corrected chi connectivity index (χ3v) is 3.52. The summed E-state index contributed by atoms with van der Waals surface area (Å²) in [6, 6.07) is 16.1. The number of aryl methyl sites for hydroxylation is 1. The number of Topliss-reactive ketones (excluding diaryl/α,β-unsaturated/α-hetero) is 1. The van der Waals surface area contributed by atoms with Gasteiger partial charge in [0.2, 0.25) is 0 Å². The Morgan fingerprint density at radius 1 is 1.19 bits per heavy atom. The highest BCUT2D eigenvalue weighted by atomic mass is 19.1. The lowest BCUT2D eigenvalue weighted by molar-refractivity contribution is 0.0951. The van der Waals surface area contributed by atoms with Crippen LogP contribution in [0.5, 0.6) is 0 Å². The van der Waals surface area contributed by atoms with Gasteiger partial charge in [0.05, 0.1) is 11.6 Å². The maximum atomic E-state index is 14.2. The van der Waals surface area contributed by atoms with E-state index in [4.69, 9.17) is 5.26 Å². The summed E-state index contributed by atoms with van der Waals surface area (Å²) in [5.74, 6) is -1.22. The van der Waals surface area contributed by atoms with E-state index in [-0.39, 0.29) is 17.8 Å². The molecule has 106 valence electrons. The highest BCUT2D eigenvalue weighted by Crippen LogP contribution is 2.27. The maximum absolute atomic E-state index is 14.2. The first-order chi connectivity index (χ1) is 10.1. The Kier molecular flexibility index (Phi) is 4.84. The van der Waals surface area contributed by atoms with Gasteiger partial charge >= 0.3 is 0 Å². The van der Waals surface area contributed by atoms with Crippen molar-refractivity contribution in [2.24, 2.45) is 0 Å². The molecule has 3 heteroatoms. The molecule has 2 rings (SSSR count). The fraction of sp³-hybridized carbons (Fsp3) is 0.222. The molecule has 0 spiro atoms. The number of halogens is 1. The van der Waals surface area contributed by atoms with Crippen LogP contribution in [0.4, 0.5) is 4.39 Å².